The average molecular weight is 179 g/mol. The van der Waals surface area contributed by atoms with Gasteiger partial charge in [0.2, 0.25) is 6.17 Å². The number of nitriles is 1. The normalized spacial score (nSPS) is 11.8. The maximum absolute atomic E-state index is 12.8. The molecule has 1 unspecified atom stereocenters. The highest BCUT2D eigenvalue weighted by molar-refractivity contribution is 5.30. The first-order valence-electron chi connectivity index (χ1n) is 4.04. The van der Waals surface area contributed by atoms with Crippen LogP contribution in [0.5, 0.6) is 5.75 Å². The Balaban J connectivity index is 2.76. The van der Waals surface area contributed by atoms with Crippen LogP contribution in [0.2, 0.25) is 0 Å². The molecule has 0 amide bonds. The Morgan fingerprint density at radius 2 is 2.08 bits per heavy atom. The molecule has 0 aliphatic rings. The minimum Gasteiger partial charge on any atom is -0.494 e. The van der Waals surface area contributed by atoms with Crippen LogP contribution >= 0.6 is 0 Å². The summed E-state index contributed by atoms with van der Waals surface area (Å²) in [4.78, 5) is 0. The molecule has 1 rings (SSSR count). The molecule has 2 nitrogen and oxygen atoms in total. The number of ether oxygens (including phenoxy) is 1. The highest BCUT2D eigenvalue weighted by Gasteiger charge is 2.06. The molecule has 0 N–H and O–H groups in total. The summed E-state index contributed by atoms with van der Waals surface area (Å²) in [6.45, 7) is 2.46. The molecule has 0 heterocycles. The topological polar surface area (TPSA) is 33.0 Å². The van der Waals surface area contributed by atoms with Crippen LogP contribution in [-0.2, 0) is 0 Å². The SMILES string of the molecule is CCOc1ccc(C(F)C#N)cc1. The number of hydrogen-bond acceptors (Lipinski definition) is 2. The number of rotatable bonds is 3. The Morgan fingerprint density at radius 3 is 2.54 bits per heavy atom. The third-order valence-electron chi connectivity index (χ3n) is 1.60. The second kappa shape index (κ2) is 4.46. The van der Waals surface area contributed by atoms with Gasteiger partial charge in [-0.2, -0.15) is 5.26 Å². The van der Waals surface area contributed by atoms with E-state index in [1.165, 1.54) is 6.07 Å². The van der Waals surface area contributed by atoms with Crippen molar-refractivity contribution in [2.45, 2.75) is 13.1 Å². The summed E-state index contributed by atoms with van der Waals surface area (Å²) in [5.74, 6) is 0.691. The van der Waals surface area contributed by atoms with Crippen LogP contribution in [0.3, 0.4) is 0 Å². The van der Waals surface area contributed by atoms with Crippen molar-refractivity contribution in [2.24, 2.45) is 0 Å². The van der Waals surface area contributed by atoms with Crippen molar-refractivity contribution in [3.05, 3.63) is 29.8 Å². The summed E-state index contributed by atoms with van der Waals surface area (Å²) < 4.78 is 17.9. The number of nitrogens with zero attached hydrogens (tertiary/aromatic N) is 1. The fraction of sp³-hybridized carbons (Fsp3) is 0.300. The van der Waals surface area contributed by atoms with E-state index in [-0.39, 0.29) is 0 Å². The molecule has 1 aromatic carbocycles. The van der Waals surface area contributed by atoms with Crippen molar-refractivity contribution in [3.63, 3.8) is 0 Å². The molecular formula is C10H10FNO. The van der Waals surface area contributed by atoms with Gasteiger partial charge in [-0.25, -0.2) is 4.39 Å². The Labute approximate surface area is 76.6 Å². The van der Waals surface area contributed by atoms with Crippen molar-refractivity contribution < 1.29 is 9.13 Å². The smallest absolute Gasteiger partial charge is 0.211 e. The second-order valence-corrected chi connectivity index (χ2v) is 2.49. The zero-order chi connectivity index (χ0) is 9.68. The molecule has 3 heteroatoms. The van der Waals surface area contributed by atoms with Gasteiger partial charge in [0, 0.05) is 5.56 Å². The van der Waals surface area contributed by atoms with E-state index in [2.05, 4.69) is 0 Å². The lowest BCUT2D eigenvalue weighted by atomic mass is 10.1. The first-order chi connectivity index (χ1) is 6.27. The van der Waals surface area contributed by atoms with Gasteiger partial charge in [0.15, 0.2) is 0 Å². The molecule has 1 aromatic rings. The van der Waals surface area contributed by atoms with Gasteiger partial charge in [-0.15, -0.1) is 0 Å². The highest BCUT2D eigenvalue weighted by atomic mass is 19.1. The molecule has 0 bridgehead atoms. The van der Waals surface area contributed by atoms with Gasteiger partial charge in [0.25, 0.3) is 0 Å². The predicted octanol–water partition coefficient (Wildman–Crippen LogP) is 2.62. The van der Waals surface area contributed by atoms with Crippen LogP contribution in [0.4, 0.5) is 4.39 Å². The predicted molar refractivity (Wildman–Crippen MR) is 47.1 cm³/mol. The maximum Gasteiger partial charge on any atom is 0.211 e. The molecule has 0 aliphatic carbocycles. The first-order valence-corrected chi connectivity index (χ1v) is 4.04. The third kappa shape index (κ3) is 2.45. The number of hydrogen-bond donors (Lipinski definition) is 0. The largest absolute Gasteiger partial charge is 0.494 e. The van der Waals surface area contributed by atoms with Gasteiger partial charge in [-0.3, -0.25) is 0 Å². The zero-order valence-corrected chi connectivity index (χ0v) is 7.33. The molecule has 0 saturated heterocycles. The monoisotopic (exact) mass is 179 g/mol. The summed E-state index contributed by atoms with van der Waals surface area (Å²) in [5, 5.41) is 8.30. The van der Waals surface area contributed by atoms with Gasteiger partial charge in [-0.1, -0.05) is 12.1 Å². The molecule has 0 radical (unpaired) electrons. The van der Waals surface area contributed by atoms with E-state index >= 15 is 0 Å². The Bertz CT molecular complexity index is 302. The molecule has 0 saturated carbocycles. The third-order valence-corrected chi connectivity index (χ3v) is 1.60. The van der Waals surface area contributed by atoms with Crippen molar-refractivity contribution in [3.8, 4) is 11.8 Å². The molecule has 0 aliphatic heterocycles. The van der Waals surface area contributed by atoms with E-state index in [1.807, 2.05) is 6.92 Å². The van der Waals surface area contributed by atoms with Crippen LogP contribution in [0.25, 0.3) is 0 Å². The fourth-order valence-corrected chi connectivity index (χ4v) is 0.974. The van der Waals surface area contributed by atoms with E-state index < -0.39 is 6.17 Å². The molecule has 0 aromatic heterocycles. The van der Waals surface area contributed by atoms with Gasteiger partial charge in [0.05, 0.1) is 6.61 Å². The highest BCUT2D eigenvalue weighted by Crippen LogP contribution is 2.19. The molecular weight excluding hydrogens is 169 g/mol. The quantitative estimate of drug-likeness (QED) is 0.714. The van der Waals surface area contributed by atoms with Crippen molar-refractivity contribution in [1.82, 2.24) is 0 Å². The summed E-state index contributed by atoms with van der Waals surface area (Å²) in [5.41, 5.74) is 0.367. The van der Waals surface area contributed by atoms with Crippen molar-refractivity contribution in [1.29, 1.82) is 5.26 Å². The van der Waals surface area contributed by atoms with Crippen molar-refractivity contribution in [2.75, 3.05) is 6.61 Å². The standard InChI is InChI=1S/C10H10FNO/c1-2-13-9-5-3-8(4-6-9)10(11)7-12/h3-6,10H,2H2,1H3. The second-order valence-electron chi connectivity index (χ2n) is 2.49. The van der Waals surface area contributed by atoms with Gasteiger partial charge in [-0.05, 0) is 19.1 Å². The summed E-state index contributed by atoms with van der Waals surface area (Å²) in [6.07, 6.45) is -1.55. The lowest BCUT2D eigenvalue weighted by Gasteiger charge is -2.03. The van der Waals surface area contributed by atoms with Crippen LogP contribution in [0, 0.1) is 11.3 Å². The molecule has 1 atom stereocenters. The minimum absolute atomic E-state index is 0.367. The van der Waals surface area contributed by atoms with E-state index in [1.54, 1.807) is 24.3 Å². The lowest BCUT2D eigenvalue weighted by molar-refractivity contribution is 0.339. The molecule has 0 fully saturated rings. The van der Waals surface area contributed by atoms with Crippen LogP contribution in [-0.4, -0.2) is 6.61 Å². The van der Waals surface area contributed by atoms with Crippen LogP contribution in [0.15, 0.2) is 24.3 Å². The number of alkyl halides is 1. The van der Waals surface area contributed by atoms with E-state index in [0.29, 0.717) is 17.9 Å². The minimum atomic E-state index is -1.55. The van der Waals surface area contributed by atoms with E-state index in [9.17, 15) is 4.39 Å². The Morgan fingerprint density at radius 1 is 1.46 bits per heavy atom. The van der Waals surface area contributed by atoms with Crippen molar-refractivity contribution >= 4 is 0 Å². The summed E-state index contributed by atoms with van der Waals surface area (Å²) in [6, 6.07) is 7.95. The molecule has 68 valence electrons. The number of halogens is 1. The van der Waals surface area contributed by atoms with Gasteiger partial charge in [0.1, 0.15) is 11.8 Å². The Hall–Kier alpha value is -1.56. The maximum atomic E-state index is 12.8. The van der Waals surface area contributed by atoms with Gasteiger partial charge >= 0.3 is 0 Å². The molecule has 0 spiro atoms. The van der Waals surface area contributed by atoms with E-state index in [0.717, 1.165) is 0 Å². The lowest BCUT2D eigenvalue weighted by Crippen LogP contribution is -1.92. The zero-order valence-electron chi connectivity index (χ0n) is 7.33. The van der Waals surface area contributed by atoms with E-state index in [4.69, 9.17) is 10.00 Å². The van der Waals surface area contributed by atoms with Crippen LogP contribution < -0.4 is 4.74 Å². The fourth-order valence-electron chi connectivity index (χ4n) is 0.974. The van der Waals surface area contributed by atoms with Crippen LogP contribution in [0.1, 0.15) is 18.7 Å². The first kappa shape index (κ1) is 9.53. The average Bonchev–Trinajstić information content (AvgIpc) is 2.18. The summed E-state index contributed by atoms with van der Waals surface area (Å²) >= 11 is 0. The Kier molecular flexibility index (Phi) is 3.27. The van der Waals surface area contributed by atoms with Gasteiger partial charge < -0.3 is 4.74 Å². The summed E-state index contributed by atoms with van der Waals surface area (Å²) in [7, 11) is 0. The number of benzene rings is 1. The molecule has 13 heavy (non-hydrogen) atoms.